The zero-order chi connectivity index (χ0) is 14.7. The highest BCUT2D eigenvalue weighted by Gasteiger charge is 2.31. The molecule has 21 heavy (non-hydrogen) atoms. The summed E-state index contributed by atoms with van der Waals surface area (Å²) < 4.78 is 5.54. The normalized spacial score (nSPS) is 25.2. The summed E-state index contributed by atoms with van der Waals surface area (Å²) in [6.07, 6.45) is 1.17. The molecule has 2 unspecified atom stereocenters. The summed E-state index contributed by atoms with van der Waals surface area (Å²) in [7, 11) is 0. The highest BCUT2D eigenvalue weighted by molar-refractivity contribution is 5.48. The molecule has 4 heteroatoms. The molecule has 116 valence electrons. The second-order valence-electron chi connectivity index (χ2n) is 6.29. The SMILES string of the molecule is Cc1cccc(N2CCN(C(CN)C3CCOC3)CC2)c1. The standard InChI is InChI=1S/C17H27N3O/c1-14-3-2-4-16(11-14)19-6-8-20(9-7-19)17(12-18)15-5-10-21-13-15/h2-4,11,15,17H,5-10,12-13,18H2,1H3. The topological polar surface area (TPSA) is 41.7 Å². The van der Waals surface area contributed by atoms with Crippen LogP contribution in [0.4, 0.5) is 5.69 Å². The van der Waals surface area contributed by atoms with E-state index < -0.39 is 0 Å². The van der Waals surface area contributed by atoms with Crippen molar-refractivity contribution in [3.63, 3.8) is 0 Å². The van der Waals surface area contributed by atoms with E-state index in [-0.39, 0.29) is 0 Å². The maximum absolute atomic E-state index is 6.04. The average molecular weight is 289 g/mol. The van der Waals surface area contributed by atoms with Gasteiger partial charge in [0.1, 0.15) is 0 Å². The van der Waals surface area contributed by atoms with Crippen LogP contribution in [-0.4, -0.2) is 56.9 Å². The zero-order valence-electron chi connectivity index (χ0n) is 13.0. The number of benzene rings is 1. The Bertz CT molecular complexity index is 451. The Hall–Kier alpha value is -1.10. The first-order valence-electron chi connectivity index (χ1n) is 8.11. The summed E-state index contributed by atoms with van der Waals surface area (Å²) in [6, 6.07) is 9.29. The van der Waals surface area contributed by atoms with Gasteiger partial charge in [0, 0.05) is 57.0 Å². The van der Waals surface area contributed by atoms with Gasteiger partial charge in [-0.3, -0.25) is 4.90 Å². The second kappa shape index (κ2) is 6.77. The maximum atomic E-state index is 6.04. The lowest BCUT2D eigenvalue weighted by molar-refractivity contribution is 0.117. The molecule has 0 aromatic heterocycles. The molecule has 2 atom stereocenters. The number of nitrogens with two attached hydrogens (primary N) is 1. The Kier molecular flexibility index (Phi) is 4.78. The molecule has 2 aliphatic rings. The molecular weight excluding hydrogens is 262 g/mol. The fourth-order valence-corrected chi connectivity index (χ4v) is 3.63. The van der Waals surface area contributed by atoms with E-state index in [4.69, 9.17) is 10.5 Å². The van der Waals surface area contributed by atoms with Gasteiger partial charge in [0.25, 0.3) is 0 Å². The van der Waals surface area contributed by atoms with Crippen molar-refractivity contribution < 1.29 is 4.74 Å². The molecule has 0 saturated carbocycles. The molecule has 4 nitrogen and oxygen atoms in total. The van der Waals surface area contributed by atoms with Gasteiger partial charge in [0.2, 0.25) is 0 Å². The van der Waals surface area contributed by atoms with Crippen LogP contribution < -0.4 is 10.6 Å². The van der Waals surface area contributed by atoms with Crippen LogP contribution in [0, 0.1) is 12.8 Å². The molecule has 2 N–H and O–H groups in total. The number of ether oxygens (including phenoxy) is 1. The van der Waals surface area contributed by atoms with Crippen molar-refractivity contribution >= 4 is 5.69 Å². The number of hydrogen-bond acceptors (Lipinski definition) is 4. The third-order valence-corrected chi connectivity index (χ3v) is 4.90. The van der Waals surface area contributed by atoms with E-state index in [0.29, 0.717) is 12.0 Å². The summed E-state index contributed by atoms with van der Waals surface area (Å²) in [4.78, 5) is 5.06. The first kappa shape index (κ1) is 14.8. The lowest BCUT2D eigenvalue weighted by atomic mass is 9.97. The van der Waals surface area contributed by atoms with Gasteiger partial charge < -0.3 is 15.4 Å². The highest BCUT2D eigenvalue weighted by Crippen LogP contribution is 2.23. The van der Waals surface area contributed by atoms with Crippen molar-refractivity contribution in [1.82, 2.24) is 4.90 Å². The number of aryl methyl sites for hydroxylation is 1. The molecule has 2 saturated heterocycles. The summed E-state index contributed by atoms with van der Waals surface area (Å²) in [6.45, 7) is 9.09. The predicted octanol–water partition coefficient (Wildman–Crippen LogP) is 1.48. The quantitative estimate of drug-likeness (QED) is 0.912. The Balaban J connectivity index is 1.59. The van der Waals surface area contributed by atoms with E-state index in [1.54, 1.807) is 0 Å². The smallest absolute Gasteiger partial charge is 0.0510 e. The van der Waals surface area contributed by atoms with Crippen molar-refractivity contribution in [1.29, 1.82) is 0 Å². The van der Waals surface area contributed by atoms with Crippen molar-refractivity contribution in [3.05, 3.63) is 29.8 Å². The molecule has 0 spiro atoms. The fourth-order valence-electron chi connectivity index (χ4n) is 3.63. The van der Waals surface area contributed by atoms with Crippen LogP contribution >= 0.6 is 0 Å². The molecule has 2 aliphatic heterocycles. The van der Waals surface area contributed by atoms with Gasteiger partial charge in [-0.05, 0) is 31.0 Å². The molecule has 1 aromatic carbocycles. The van der Waals surface area contributed by atoms with Crippen molar-refractivity contribution in [2.45, 2.75) is 19.4 Å². The number of piperazine rings is 1. The lowest BCUT2D eigenvalue weighted by Crippen LogP contribution is -2.55. The Labute approximate surface area is 127 Å². The number of anilines is 1. The molecular formula is C17H27N3O. The molecule has 2 heterocycles. The fraction of sp³-hybridized carbons (Fsp3) is 0.647. The Morgan fingerprint density at radius 1 is 1.29 bits per heavy atom. The number of hydrogen-bond donors (Lipinski definition) is 1. The minimum atomic E-state index is 0.493. The van der Waals surface area contributed by atoms with E-state index in [9.17, 15) is 0 Å². The first-order chi connectivity index (χ1) is 10.3. The summed E-state index contributed by atoms with van der Waals surface area (Å²) in [5.74, 6) is 0.625. The summed E-state index contributed by atoms with van der Waals surface area (Å²) >= 11 is 0. The van der Waals surface area contributed by atoms with E-state index in [2.05, 4.69) is 41.0 Å². The van der Waals surface area contributed by atoms with Crippen molar-refractivity contribution in [2.75, 3.05) is 50.8 Å². The van der Waals surface area contributed by atoms with Crippen LogP contribution in [0.5, 0.6) is 0 Å². The van der Waals surface area contributed by atoms with Crippen LogP contribution in [0.1, 0.15) is 12.0 Å². The van der Waals surface area contributed by atoms with Crippen molar-refractivity contribution in [2.24, 2.45) is 11.7 Å². The van der Waals surface area contributed by atoms with Gasteiger partial charge in [-0.1, -0.05) is 12.1 Å². The number of rotatable bonds is 4. The summed E-state index contributed by atoms with van der Waals surface area (Å²) in [5.41, 5.74) is 8.72. The molecule has 3 rings (SSSR count). The van der Waals surface area contributed by atoms with E-state index >= 15 is 0 Å². The van der Waals surface area contributed by atoms with Gasteiger partial charge in [0.05, 0.1) is 6.61 Å². The molecule has 0 aliphatic carbocycles. The minimum absolute atomic E-state index is 0.493. The van der Waals surface area contributed by atoms with Crippen LogP contribution in [0.2, 0.25) is 0 Å². The van der Waals surface area contributed by atoms with Crippen LogP contribution in [-0.2, 0) is 4.74 Å². The Morgan fingerprint density at radius 2 is 2.10 bits per heavy atom. The number of nitrogens with zero attached hydrogens (tertiary/aromatic N) is 2. The predicted molar refractivity (Wildman–Crippen MR) is 86.7 cm³/mol. The van der Waals surface area contributed by atoms with Crippen LogP contribution in [0.15, 0.2) is 24.3 Å². The van der Waals surface area contributed by atoms with Crippen LogP contribution in [0.25, 0.3) is 0 Å². The van der Waals surface area contributed by atoms with Gasteiger partial charge in [-0.25, -0.2) is 0 Å². The first-order valence-corrected chi connectivity index (χ1v) is 8.11. The second-order valence-corrected chi connectivity index (χ2v) is 6.29. The Morgan fingerprint density at radius 3 is 2.71 bits per heavy atom. The molecule has 0 amide bonds. The van der Waals surface area contributed by atoms with Gasteiger partial charge in [0.15, 0.2) is 0 Å². The maximum Gasteiger partial charge on any atom is 0.0510 e. The van der Waals surface area contributed by atoms with Crippen molar-refractivity contribution in [3.8, 4) is 0 Å². The van der Waals surface area contributed by atoms with Gasteiger partial charge in [-0.15, -0.1) is 0 Å². The average Bonchev–Trinajstić information content (AvgIpc) is 3.03. The van der Waals surface area contributed by atoms with Gasteiger partial charge in [-0.2, -0.15) is 0 Å². The summed E-state index contributed by atoms with van der Waals surface area (Å²) in [5, 5.41) is 0. The zero-order valence-corrected chi connectivity index (χ0v) is 13.0. The van der Waals surface area contributed by atoms with Crippen LogP contribution in [0.3, 0.4) is 0 Å². The largest absolute Gasteiger partial charge is 0.381 e. The lowest BCUT2D eigenvalue weighted by Gasteiger charge is -2.41. The molecule has 0 radical (unpaired) electrons. The third kappa shape index (κ3) is 3.39. The van der Waals surface area contributed by atoms with E-state index in [1.165, 1.54) is 17.7 Å². The molecule has 1 aromatic rings. The van der Waals surface area contributed by atoms with Gasteiger partial charge >= 0.3 is 0 Å². The molecule has 0 bridgehead atoms. The third-order valence-electron chi connectivity index (χ3n) is 4.90. The van der Waals surface area contributed by atoms with E-state index in [0.717, 1.165) is 45.9 Å². The van der Waals surface area contributed by atoms with E-state index in [1.807, 2.05) is 0 Å². The molecule has 2 fully saturated rings. The monoisotopic (exact) mass is 289 g/mol. The highest BCUT2D eigenvalue weighted by atomic mass is 16.5. The minimum Gasteiger partial charge on any atom is -0.381 e.